The average Bonchev–Trinajstić information content (AvgIpc) is 3.08. The average molecular weight is 279 g/mol. The molecular weight excluding hydrogens is 258 g/mol. The van der Waals surface area contributed by atoms with Crippen LogP contribution in [0.15, 0.2) is 0 Å². The lowest BCUT2D eigenvalue weighted by atomic mass is 10.0. The van der Waals surface area contributed by atoms with E-state index in [1.54, 1.807) is 11.8 Å². The molecule has 6 nitrogen and oxygen atoms in total. The molecule has 0 N–H and O–H groups in total. The molecule has 0 aromatic carbocycles. The van der Waals surface area contributed by atoms with Crippen LogP contribution in [-0.2, 0) is 16.6 Å². The number of aromatic nitrogens is 2. The maximum Gasteiger partial charge on any atom is 0.323 e. The molecule has 0 bridgehead atoms. The summed E-state index contributed by atoms with van der Waals surface area (Å²) < 4.78 is 12.4. The highest BCUT2D eigenvalue weighted by atomic mass is 16.5. The van der Waals surface area contributed by atoms with E-state index < -0.39 is 0 Å². The monoisotopic (exact) mass is 279 g/mol. The molecule has 1 aromatic rings. The van der Waals surface area contributed by atoms with Crippen LogP contribution in [0.25, 0.3) is 0 Å². The minimum atomic E-state index is -0.105. The Bertz CT molecular complexity index is 526. The van der Waals surface area contributed by atoms with Gasteiger partial charge < -0.3 is 9.47 Å². The first-order valence-electron chi connectivity index (χ1n) is 7.13. The fourth-order valence-corrected chi connectivity index (χ4v) is 3.54. The molecule has 3 heterocycles. The number of hydrogen-bond donors (Lipinski definition) is 0. The molecule has 0 spiro atoms. The largest absolute Gasteiger partial charge is 0.481 e. The topological polar surface area (TPSA) is 56.6 Å². The van der Waals surface area contributed by atoms with Crippen molar-refractivity contribution < 1.29 is 14.3 Å². The third-order valence-electron chi connectivity index (χ3n) is 4.34. The summed E-state index contributed by atoms with van der Waals surface area (Å²) >= 11 is 0. The van der Waals surface area contributed by atoms with E-state index in [0.29, 0.717) is 6.61 Å². The fraction of sp³-hybridized carbons (Fsp3) is 0.714. The molecule has 110 valence electrons. The molecule has 3 rings (SSSR count). The Labute approximate surface area is 118 Å². The minimum Gasteiger partial charge on any atom is -0.481 e. The van der Waals surface area contributed by atoms with E-state index in [1.165, 1.54) is 0 Å². The van der Waals surface area contributed by atoms with Crippen LogP contribution in [0, 0.1) is 6.92 Å². The first-order chi connectivity index (χ1) is 9.63. The zero-order chi connectivity index (χ0) is 14.3. The van der Waals surface area contributed by atoms with Gasteiger partial charge in [-0.2, -0.15) is 5.10 Å². The quantitative estimate of drug-likeness (QED) is 0.778. The number of nitrogens with zero attached hydrogens (tertiary/aromatic N) is 3. The van der Waals surface area contributed by atoms with Gasteiger partial charge in [-0.05, 0) is 26.3 Å². The summed E-state index contributed by atoms with van der Waals surface area (Å²) in [5.74, 6) is 0.711. The summed E-state index contributed by atoms with van der Waals surface area (Å²) in [6.45, 7) is 3.47. The van der Waals surface area contributed by atoms with Crippen molar-refractivity contribution in [1.82, 2.24) is 14.7 Å². The molecule has 2 aliphatic heterocycles. The summed E-state index contributed by atoms with van der Waals surface area (Å²) in [6.07, 6.45) is 2.91. The van der Waals surface area contributed by atoms with Crippen LogP contribution >= 0.6 is 0 Å². The van der Waals surface area contributed by atoms with Crippen LogP contribution in [0.4, 0.5) is 0 Å². The molecule has 2 aliphatic rings. The highest BCUT2D eigenvalue weighted by Gasteiger charge is 2.41. The Morgan fingerprint density at radius 2 is 2.15 bits per heavy atom. The van der Waals surface area contributed by atoms with Crippen molar-refractivity contribution in [3.8, 4) is 5.88 Å². The van der Waals surface area contributed by atoms with E-state index in [9.17, 15) is 4.79 Å². The third-order valence-corrected chi connectivity index (χ3v) is 4.34. The SMILES string of the molecule is COc1c(C2CCCN2C2CCOC2=O)c(C)nn1C. The van der Waals surface area contributed by atoms with Crippen molar-refractivity contribution in [3.05, 3.63) is 11.3 Å². The molecule has 0 saturated carbocycles. The van der Waals surface area contributed by atoms with E-state index in [2.05, 4.69) is 10.00 Å². The van der Waals surface area contributed by atoms with Gasteiger partial charge in [-0.15, -0.1) is 0 Å². The van der Waals surface area contributed by atoms with Crippen molar-refractivity contribution in [2.75, 3.05) is 20.3 Å². The van der Waals surface area contributed by atoms with Gasteiger partial charge in [0, 0.05) is 19.5 Å². The van der Waals surface area contributed by atoms with Crippen LogP contribution < -0.4 is 4.74 Å². The Morgan fingerprint density at radius 1 is 1.35 bits per heavy atom. The summed E-state index contributed by atoms with van der Waals surface area (Å²) in [4.78, 5) is 14.1. The van der Waals surface area contributed by atoms with Crippen molar-refractivity contribution in [2.24, 2.45) is 7.05 Å². The van der Waals surface area contributed by atoms with E-state index in [4.69, 9.17) is 9.47 Å². The standard InChI is InChI=1S/C14H21N3O3/c1-9-12(13(19-3)16(2)15-9)10-5-4-7-17(10)11-6-8-20-14(11)18/h10-11H,4-8H2,1-3H3. The van der Waals surface area contributed by atoms with E-state index in [1.807, 2.05) is 14.0 Å². The van der Waals surface area contributed by atoms with Crippen molar-refractivity contribution in [3.63, 3.8) is 0 Å². The molecule has 2 fully saturated rings. The first-order valence-corrected chi connectivity index (χ1v) is 7.13. The van der Waals surface area contributed by atoms with Crippen LogP contribution in [-0.4, -0.2) is 47.0 Å². The summed E-state index contributed by atoms with van der Waals surface area (Å²) in [6, 6.07) is 0.0983. The number of methoxy groups -OCH3 is 1. The number of carbonyl (C=O) groups excluding carboxylic acids is 1. The Hall–Kier alpha value is -1.56. The Morgan fingerprint density at radius 3 is 2.80 bits per heavy atom. The van der Waals surface area contributed by atoms with Crippen molar-refractivity contribution in [2.45, 2.75) is 38.3 Å². The van der Waals surface area contributed by atoms with Gasteiger partial charge in [0.15, 0.2) is 0 Å². The Balaban J connectivity index is 1.94. The lowest BCUT2D eigenvalue weighted by Gasteiger charge is -2.28. The second-order valence-electron chi connectivity index (χ2n) is 5.50. The van der Waals surface area contributed by atoms with Gasteiger partial charge >= 0.3 is 5.97 Å². The lowest BCUT2D eigenvalue weighted by molar-refractivity contribution is -0.142. The molecule has 20 heavy (non-hydrogen) atoms. The molecule has 2 saturated heterocycles. The summed E-state index contributed by atoms with van der Waals surface area (Å²) in [5.41, 5.74) is 2.10. The smallest absolute Gasteiger partial charge is 0.323 e. The number of carbonyl (C=O) groups is 1. The fourth-order valence-electron chi connectivity index (χ4n) is 3.54. The Kier molecular flexibility index (Phi) is 3.41. The first kappa shape index (κ1) is 13.4. The molecular formula is C14H21N3O3. The molecule has 0 aliphatic carbocycles. The molecule has 1 aromatic heterocycles. The van der Waals surface area contributed by atoms with Gasteiger partial charge in [-0.1, -0.05) is 0 Å². The van der Waals surface area contributed by atoms with Crippen LogP contribution in [0.1, 0.15) is 36.6 Å². The van der Waals surface area contributed by atoms with Crippen LogP contribution in [0.5, 0.6) is 5.88 Å². The lowest BCUT2D eigenvalue weighted by Crippen LogP contribution is -2.38. The second-order valence-corrected chi connectivity index (χ2v) is 5.50. The number of hydrogen-bond acceptors (Lipinski definition) is 5. The normalized spacial score (nSPS) is 27.1. The summed E-state index contributed by atoms with van der Waals surface area (Å²) in [5, 5.41) is 4.46. The predicted molar refractivity (Wildman–Crippen MR) is 72.5 cm³/mol. The van der Waals surface area contributed by atoms with Crippen LogP contribution in [0.3, 0.4) is 0 Å². The van der Waals surface area contributed by atoms with E-state index >= 15 is 0 Å². The van der Waals surface area contributed by atoms with Crippen LogP contribution in [0.2, 0.25) is 0 Å². The number of rotatable bonds is 3. The maximum atomic E-state index is 11.9. The highest BCUT2D eigenvalue weighted by molar-refractivity contribution is 5.77. The number of cyclic esters (lactones) is 1. The minimum absolute atomic E-state index is 0.0857. The number of likely N-dealkylation sites (tertiary alicyclic amines) is 1. The summed E-state index contributed by atoms with van der Waals surface area (Å²) in [7, 11) is 3.56. The van der Waals surface area contributed by atoms with Gasteiger partial charge in [-0.3, -0.25) is 9.69 Å². The van der Waals surface area contributed by atoms with E-state index in [0.717, 1.165) is 42.9 Å². The predicted octanol–water partition coefficient (Wildman–Crippen LogP) is 1.19. The maximum absolute atomic E-state index is 11.9. The third kappa shape index (κ3) is 1.98. The molecule has 0 radical (unpaired) electrons. The van der Waals surface area contributed by atoms with E-state index in [-0.39, 0.29) is 18.1 Å². The zero-order valence-electron chi connectivity index (χ0n) is 12.3. The molecule has 6 heteroatoms. The highest BCUT2D eigenvalue weighted by Crippen LogP contribution is 2.41. The molecule has 2 atom stereocenters. The van der Waals surface area contributed by atoms with Gasteiger partial charge in [0.1, 0.15) is 6.04 Å². The van der Waals surface area contributed by atoms with Crippen molar-refractivity contribution >= 4 is 5.97 Å². The number of esters is 1. The number of ether oxygens (including phenoxy) is 2. The molecule has 2 unspecified atom stereocenters. The zero-order valence-corrected chi connectivity index (χ0v) is 12.3. The van der Waals surface area contributed by atoms with Gasteiger partial charge in [0.25, 0.3) is 0 Å². The van der Waals surface area contributed by atoms with Gasteiger partial charge in [0.2, 0.25) is 5.88 Å². The number of aryl methyl sites for hydroxylation is 2. The second kappa shape index (κ2) is 5.09. The van der Waals surface area contributed by atoms with Gasteiger partial charge in [0.05, 0.1) is 25.0 Å². The van der Waals surface area contributed by atoms with Gasteiger partial charge in [-0.25, -0.2) is 4.68 Å². The van der Waals surface area contributed by atoms with Crippen molar-refractivity contribution in [1.29, 1.82) is 0 Å². The molecule has 0 amide bonds.